The van der Waals surface area contributed by atoms with E-state index in [0.717, 1.165) is 38.5 Å². The number of carbonyl (C=O) groups is 1. The van der Waals surface area contributed by atoms with Gasteiger partial charge in [0.1, 0.15) is 0 Å². The van der Waals surface area contributed by atoms with Gasteiger partial charge in [-0.2, -0.15) is 0 Å². The molecule has 2 heterocycles. The zero-order valence-electron chi connectivity index (χ0n) is 15.0. The van der Waals surface area contributed by atoms with Crippen molar-refractivity contribution in [3.63, 3.8) is 0 Å². The number of rotatable bonds is 5. The number of halogens is 1. The van der Waals surface area contributed by atoms with Gasteiger partial charge in [0.05, 0.1) is 6.54 Å². The Morgan fingerprint density at radius 3 is 2.48 bits per heavy atom. The van der Waals surface area contributed by atoms with Crippen LogP contribution in [-0.4, -0.2) is 54.5 Å². The molecule has 0 bridgehead atoms. The second-order valence-corrected chi connectivity index (χ2v) is 7.74. The molecule has 0 unspecified atom stereocenters. The van der Waals surface area contributed by atoms with Gasteiger partial charge in [0.15, 0.2) is 0 Å². The van der Waals surface area contributed by atoms with Crippen molar-refractivity contribution in [1.82, 2.24) is 15.1 Å². The lowest BCUT2D eigenvalue weighted by molar-refractivity contribution is -0.133. The summed E-state index contributed by atoms with van der Waals surface area (Å²) in [6, 6.07) is 9.19. The minimum absolute atomic E-state index is 0. The van der Waals surface area contributed by atoms with Crippen LogP contribution >= 0.6 is 12.4 Å². The average Bonchev–Trinajstić information content (AvgIpc) is 3.45. The number of carbonyl (C=O) groups excluding carboxylic acids is 1. The van der Waals surface area contributed by atoms with Gasteiger partial charge in [0, 0.05) is 32.2 Å². The average molecular weight is 364 g/mol. The summed E-state index contributed by atoms with van der Waals surface area (Å²) in [6.07, 6.45) is 6.19. The highest BCUT2D eigenvalue weighted by Gasteiger charge is 2.26. The summed E-state index contributed by atoms with van der Waals surface area (Å²) in [5.41, 5.74) is 2.73. The molecular formula is C20H30ClN3O. The van der Waals surface area contributed by atoms with Gasteiger partial charge in [0.2, 0.25) is 5.91 Å². The van der Waals surface area contributed by atoms with E-state index in [0.29, 0.717) is 18.5 Å². The lowest BCUT2D eigenvalue weighted by atomic mass is 10.00. The summed E-state index contributed by atoms with van der Waals surface area (Å²) in [6.45, 7) is 5.56. The van der Waals surface area contributed by atoms with Crippen molar-refractivity contribution in [1.29, 1.82) is 0 Å². The van der Waals surface area contributed by atoms with Gasteiger partial charge >= 0.3 is 0 Å². The van der Waals surface area contributed by atoms with E-state index >= 15 is 0 Å². The molecule has 1 aromatic rings. The Morgan fingerprint density at radius 1 is 1.04 bits per heavy atom. The second kappa shape index (κ2) is 8.52. The van der Waals surface area contributed by atoms with Gasteiger partial charge in [-0.1, -0.05) is 24.3 Å². The third kappa shape index (κ3) is 4.96. The molecule has 0 aromatic heterocycles. The van der Waals surface area contributed by atoms with Crippen LogP contribution in [0.1, 0.15) is 36.8 Å². The van der Waals surface area contributed by atoms with Gasteiger partial charge in [-0.25, -0.2) is 0 Å². The largest absolute Gasteiger partial charge is 0.337 e. The van der Waals surface area contributed by atoms with Gasteiger partial charge in [0.25, 0.3) is 0 Å². The SMILES string of the molecule is Cl.O=C(CN1CCC(NCC2CC2)CC1)N1CCc2ccccc2C1. The van der Waals surface area contributed by atoms with E-state index in [4.69, 9.17) is 0 Å². The van der Waals surface area contributed by atoms with Crippen LogP contribution in [-0.2, 0) is 17.8 Å². The molecule has 1 aromatic carbocycles. The lowest BCUT2D eigenvalue weighted by Crippen LogP contribution is -2.48. The van der Waals surface area contributed by atoms with E-state index in [1.807, 2.05) is 4.90 Å². The number of likely N-dealkylation sites (tertiary alicyclic amines) is 1. The predicted molar refractivity (Wildman–Crippen MR) is 103 cm³/mol. The Balaban J connectivity index is 0.00000182. The van der Waals surface area contributed by atoms with Crippen LogP contribution in [0.3, 0.4) is 0 Å². The van der Waals surface area contributed by atoms with Crippen LogP contribution in [0.5, 0.6) is 0 Å². The molecule has 0 atom stereocenters. The monoisotopic (exact) mass is 363 g/mol. The van der Waals surface area contributed by atoms with Crippen molar-refractivity contribution in [2.45, 2.75) is 44.7 Å². The molecule has 0 radical (unpaired) electrons. The summed E-state index contributed by atoms with van der Waals surface area (Å²) in [5.74, 6) is 1.25. The van der Waals surface area contributed by atoms with Crippen molar-refractivity contribution in [3.8, 4) is 0 Å². The quantitative estimate of drug-likeness (QED) is 0.872. The number of benzene rings is 1. The van der Waals surface area contributed by atoms with Crippen LogP contribution in [0.25, 0.3) is 0 Å². The van der Waals surface area contributed by atoms with Crippen LogP contribution in [0.4, 0.5) is 0 Å². The molecule has 1 aliphatic carbocycles. The highest BCUT2D eigenvalue weighted by Crippen LogP contribution is 2.28. The first-order valence-corrected chi connectivity index (χ1v) is 9.58. The fraction of sp³-hybridized carbons (Fsp3) is 0.650. The van der Waals surface area contributed by atoms with Crippen molar-refractivity contribution in [3.05, 3.63) is 35.4 Å². The summed E-state index contributed by atoms with van der Waals surface area (Å²) >= 11 is 0. The molecule has 1 saturated heterocycles. The van der Waals surface area contributed by atoms with E-state index in [1.54, 1.807) is 0 Å². The number of hydrogen-bond donors (Lipinski definition) is 1. The van der Waals surface area contributed by atoms with Gasteiger partial charge in [-0.15, -0.1) is 12.4 Å². The molecule has 25 heavy (non-hydrogen) atoms. The smallest absolute Gasteiger partial charge is 0.237 e. The maximum atomic E-state index is 12.6. The van der Waals surface area contributed by atoms with Gasteiger partial charge in [-0.3, -0.25) is 9.69 Å². The molecule has 4 nitrogen and oxygen atoms in total. The first-order chi connectivity index (χ1) is 11.8. The number of piperidine rings is 1. The maximum absolute atomic E-state index is 12.6. The van der Waals surface area contributed by atoms with E-state index < -0.39 is 0 Å². The van der Waals surface area contributed by atoms with Crippen molar-refractivity contribution >= 4 is 18.3 Å². The van der Waals surface area contributed by atoms with E-state index in [-0.39, 0.29) is 12.4 Å². The first kappa shape index (κ1) is 18.7. The molecule has 2 fully saturated rings. The Hall–Kier alpha value is -1.10. The molecule has 1 saturated carbocycles. The molecule has 1 N–H and O–H groups in total. The summed E-state index contributed by atoms with van der Waals surface area (Å²) in [7, 11) is 0. The van der Waals surface area contributed by atoms with Crippen LogP contribution < -0.4 is 5.32 Å². The summed E-state index contributed by atoms with van der Waals surface area (Å²) in [5, 5.41) is 3.71. The third-order valence-electron chi connectivity index (χ3n) is 5.82. The molecule has 4 rings (SSSR count). The Bertz CT molecular complexity index is 582. The van der Waals surface area contributed by atoms with E-state index in [9.17, 15) is 4.79 Å². The van der Waals surface area contributed by atoms with Crippen molar-refractivity contribution in [2.75, 3.05) is 32.7 Å². The minimum Gasteiger partial charge on any atom is -0.337 e. The maximum Gasteiger partial charge on any atom is 0.237 e. The molecular weight excluding hydrogens is 334 g/mol. The minimum atomic E-state index is 0. The van der Waals surface area contributed by atoms with Crippen molar-refractivity contribution in [2.24, 2.45) is 5.92 Å². The molecule has 0 spiro atoms. The van der Waals surface area contributed by atoms with Gasteiger partial charge in [-0.05, 0) is 55.7 Å². The molecule has 1 amide bonds. The summed E-state index contributed by atoms with van der Waals surface area (Å²) in [4.78, 5) is 17.0. The van der Waals surface area contributed by atoms with Crippen LogP contribution in [0.15, 0.2) is 24.3 Å². The Morgan fingerprint density at radius 2 is 1.76 bits per heavy atom. The normalized spacial score (nSPS) is 21.5. The van der Waals surface area contributed by atoms with Crippen LogP contribution in [0.2, 0.25) is 0 Å². The molecule has 138 valence electrons. The van der Waals surface area contributed by atoms with Gasteiger partial charge < -0.3 is 10.2 Å². The molecule has 3 aliphatic rings. The second-order valence-electron chi connectivity index (χ2n) is 7.74. The van der Waals surface area contributed by atoms with E-state index in [1.165, 1.54) is 43.4 Å². The van der Waals surface area contributed by atoms with Crippen molar-refractivity contribution < 1.29 is 4.79 Å². The zero-order chi connectivity index (χ0) is 16.4. The summed E-state index contributed by atoms with van der Waals surface area (Å²) < 4.78 is 0. The number of hydrogen-bond acceptors (Lipinski definition) is 3. The third-order valence-corrected chi connectivity index (χ3v) is 5.82. The number of nitrogens with zero attached hydrogens (tertiary/aromatic N) is 2. The van der Waals surface area contributed by atoms with Crippen LogP contribution in [0, 0.1) is 5.92 Å². The zero-order valence-corrected chi connectivity index (χ0v) is 15.8. The first-order valence-electron chi connectivity index (χ1n) is 9.58. The highest BCUT2D eigenvalue weighted by molar-refractivity contribution is 5.85. The molecule has 2 aliphatic heterocycles. The molecule has 5 heteroatoms. The van der Waals surface area contributed by atoms with E-state index in [2.05, 4.69) is 34.5 Å². The topological polar surface area (TPSA) is 35.6 Å². The standard InChI is InChI=1S/C20H29N3O.ClH/c24-20(23-12-7-17-3-1-2-4-18(17)14-23)15-22-10-8-19(9-11-22)21-13-16-5-6-16;/h1-4,16,19,21H,5-15H2;1H. The Kier molecular flexibility index (Phi) is 6.37. The number of amides is 1. The predicted octanol–water partition coefficient (Wildman–Crippen LogP) is 2.46. The fourth-order valence-electron chi connectivity index (χ4n) is 3.95. The Labute approximate surface area is 157 Å². The fourth-order valence-corrected chi connectivity index (χ4v) is 3.95. The number of nitrogens with one attached hydrogen (secondary N) is 1. The highest BCUT2D eigenvalue weighted by atomic mass is 35.5. The number of fused-ring (bicyclic) bond motifs is 1. The lowest BCUT2D eigenvalue weighted by Gasteiger charge is -2.35.